The lowest BCUT2D eigenvalue weighted by atomic mass is 10.2. The highest BCUT2D eigenvalue weighted by Crippen LogP contribution is 1.99. The Morgan fingerprint density at radius 2 is 1.90 bits per heavy atom. The fourth-order valence-electron chi connectivity index (χ4n) is 1.66. The van der Waals surface area contributed by atoms with E-state index in [0.717, 1.165) is 25.9 Å². The number of benzene rings is 1. The van der Waals surface area contributed by atoms with Crippen molar-refractivity contribution in [2.24, 2.45) is 10.7 Å². The van der Waals surface area contributed by atoms with Gasteiger partial charge in [0.15, 0.2) is 5.96 Å². The molecule has 0 atom stereocenters. The number of ether oxygens (including phenoxy) is 2. The van der Waals surface area contributed by atoms with Crippen LogP contribution in [0.4, 0.5) is 0 Å². The molecule has 0 radical (unpaired) electrons. The van der Waals surface area contributed by atoms with Crippen molar-refractivity contribution in [1.82, 2.24) is 5.32 Å². The Bertz CT molecular complexity index is 382. The maximum Gasteiger partial charge on any atom is 0.188 e. The van der Waals surface area contributed by atoms with Crippen molar-refractivity contribution in [3.63, 3.8) is 0 Å². The van der Waals surface area contributed by atoms with Crippen LogP contribution in [-0.4, -0.2) is 38.9 Å². The average Bonchev–Trinajstić information content (AvgIpc) is 2.52. The van der Waals surface area contributed by atoms with Crippen molar-refractivity contribution >= 4 is 5.96 Å². The highest BCUT2D eigenvalue weighted by Gasteiger charge is 1.94. The summed E-state index contributed by atoms with van der Waals surface area (Å²) in [6.45, 7) is 6.19. The Morgan fingerprint density at radius 1 is 1.14 bits per heavy atom. The lowest BCUT2D eigenvalue weighted by molar-refractivity contribution is 0.0401. The minimum atomic E-state index is 0.517. The quantitative estimate of drug-likeness (QED) is 0.371. The summed E-state index contributed by atoms with van der Waals surface area (Å²) in [5.74, 6) is 0.517. The molecule has 21 heavy (non-hydrogen) atoms. The fourth-order valence-corrected chi connectivity index (χ4v) is 1.66. The predicted molar refractivity (Wildman–Crippen MR) is 86.3 cm³/mol. The van der Waals surface area contributed by atoms with Gasteiger partial charge in [0, 0.05) is 19.7 Å². The van der Waals surface area contributed by atoms with Gasteiger partial charge in [-0.15, -0.1) is 0 Å². The number of rotatable bonds is 11. The van der Waals surface area contributed by atoms with Crippen molar-refractivity contribution in [2.75, 3.05) is 32.9 Å². The van der Waals surface area contributed by atoms with Crippen molar-refractivity contribution < 1.29 is 9.47 Å². The SMILES string of the molecule is CCCN=C(N)NCCCOCCOCc1ccccc1. The molecule has 0 saturated heterocycles. The van der Waals surface area contributed by atoms with Crippen LogP contribution in [0.3, 0.4) is 0 Å². The van der Waals surface area contributed by atoms with Crippen molar-refractivity contribution in [1.29, 1.82) is 0 Å². The minimum absolute atomic E-state index is 0.517. The number of nitrogens with two attached hydrogens (primary N) is 1. The van der Waals surface area contributed by atoms with E-state index < -0.39 is 0 Å². The van der Waals surface area contributed by atoms with Gasteiger partial charge in [-0.3, -0.25) is 4.99 Å². The molecular weight excluding hydrogens is 266 g/mol. The summed E-state index contributed by atoms with van der Waals surface area (Å²) in [5, 5.41) is 3.06. The van der Waals surface area contributed by atoms with Gasteiger partial charge in [-0.25, -0.2) is 0 Å². The second-order valence-electron chi connectivity index (χ2n) is 4.70. The molecule has 1 aromatic rings. The summed E-state index contributed by atoms with van der Waals surface area (Å²) in [6, 6.07) is 10.1. The molecule has 1 rings (SSSR count). The van der Waals surface area contributed by atoms with Crippen molar-refractivity contribution in [3.8, 4) is 0 Å². The van der Waals surface area contributed by atoms with E-state index >= 15 is 0 Å². The van der Waals surface area contributed by atoms with Crippen LogP contribution < -0.4 is 11.1 Å². The molecule has 0 fully saturated rings. The molecule has 0 bridgehead atoms. The zero-order chi connectivity index (χ0) is 15.2. The van der Waals surface area contributed by atoms with E-state index in [1.165, 1.54) is 5.56 Å². The first-order chi connectivity index (χ1) is 10.3. The van der Waals surface area contributed by atoms with E-state index in [2.05, 4.69) is 29.4 Å². The second-order valence-corrected chi connectivity index (χ2v) is 4.70. The van der Waals surface area contributed by atoms with E-state index in [-0.39, 0.29) is 0 Å². The molecule has 5 nitrogen and oxygen atoms in total. The van der Waals surface area contributed by atoms with E-state index in [4.69, 9.17) is 15.2 Å². The predicted octanol–water partition coefficient (Wildman–Crippen LogP) is 1.92. The topological polar surface area (TPSA) is 68.9 Å². The van der Waals surface area contributed by atoms with E-state index in [1.807, 2.05) is 18.2 Å². The first-order valence-electron chi connectivity index (χ1n) is 7.56. The number of hydrogen-bond donors (Lipinski definition) is 2. The van der Waals surface area contributed by atoms with E-state index in [0.29, 0.717) is 32.4 Å². The van der Waals surface area contributed by atoms with Crippen LogP contribution >= 0.6 is 0 Å². The number of hydrogen-bond acceptors (Lipinski definition) is 3. The molecule has 0 aromatic heterocycles. The van der Waals surface area contributed by atoms with Gasteiger partial charge >= 0.3 is 0 Å². The van der Waals surface area contributed by atoms with Gasteiger partial charge in [-0.05, 0) is 18.4 Å². The summed E-state index contributed by atoms with van der Waals surface area (Å²) in [5.41, 5.74) is 6.86. The van der Waals surface area contributed by atoms with Crippen molar-refractivity contribution in [3.05, 3.63) is 35.9 Å². The van der Waals surface area contributed by atoms with Gasteiger partial charge in [-0.1, -0.05) is 37.3 Å². The Morgan fingerprint density at radius 3 is 2.67 bits per heavy atom. The lowest BCUT2D eigenvalue weighted by Gasteiger charge is -2.07. The third kappa shape index (κ3) is 9.87. The van der Waals surface area contributed by atoms with Crippen LogP contribution in [0, 0.1) is 0 Å². The smallest absolute Gasteiger partial charge is 0.188 e. The molecule has 0 unspecified atom stereocenters. The van der Waals surface area contributed by atoms with E-state index in [9.17, 15) is 0 Å². The van der Waals surface area contributed by atoms with Crippen LogP contribution in [-0.2, 0) is 16.1 Å². The van der Waals surface area contributed by atoms with Gasteiger partial charge in [0.2, 0.25) is 0 Å². The van der Waals surface area contributed by atoms with E-state index in [1.54, 1.807) is 0 Å². The summed E-state index contributed by atoms with van der Waals surface area (Å²) >= 11 is 0. The number of guanidine groups is 1. The molecule has 0 saturated carbocycles. The molecule has 0 spiro atoms. The maximum atomic E-state index is 5.67. The largest absolute Gasteiger partial charge is 0.379 e. The van der Waals surface area contributed by atoms with Gasteiger partial charge in [0.05, 0.1) is 19.8 Å². The first kappa shape index (κ1) is 17.5. The molecule has 0 aliphatic carbocycles. The lowest BCUT2D eigenvalue weighted by Crippen LogP contribution is -2.33. The zero-order valence-corrected chi connectivity index (χ0v) is 12.9. The fraction of sp³-hybridized carbons (Fsp3) is 0.562. The summed E-state index contributed by atoms with van der Waals surface area (Å²) in [6.07, 6.45) is 1.91. The molecule has 118 valence electrons. The highest BCUT2D eigenvalue weighted by atomic mass is 16.5. The Balaban J connectivity index is 1.87. The van der Waals surface area contributed by atoms with Crippen LogP contribution in [0.1, 0.15) is 25.3 Å². The molecule has 0 amide bonds. The Labute approximate surface area is 127 Å². The number of aliphatic imine (C=N–C) groups is 1. The second kappa shape index (κ2) is 12.2. The molecule has 5 heteroatoms. The van der Waals surface area contributed by atoms with Gasteiger partial charge in [0.25, 0.3) is 0 Å². The first-order valence-corrected chi connectivity index (χ1v) is 7.56. The standard InChI is InChI=1S/C16H27N3O2/c1-2-9-18-16(17)19-10-6-11-20-12-13-21-14-15-7-4-3-5-8-15/h3-5,7-8H,2,6,9-14H2,1H3,(H3,17,18,19). The summed E-state index contributed by atoms with van der Waals surface area (Å²) in [7, 11) is 0. The molecule has 0 aliphatic heterocycles. The van der Waals surface area contributed by atoms with Crippen LogP contribution in [0.15, 0.2) is 35.3 Å². The minimum Gasteiger partial charge on any atom is -0.379 e. The molecule has 0 aliphatic rings. The average molecular weight is 293 g/mol. The van der Waals surface area contributed by atoms with Crippen LogP contribution in [0.25, 0.3) is 0 Å². The number of nitrogens with zero attached hydrogens (tertiary/aromatic N) is 1. The molecular formula is C16H27N3O2. The van der Waals surface area contributed by atoms with Gasteiger partial charge in [-0.2, -0.15) is 0 Å². The van der Waals surface area contributed by atoms with Crippen molar-refractivity contribution in [2.45, 2.75) is 26.4 Å². The third-order valence-corrected chi connectivity index (χ3v) is 2.76. The van der Waals surface area contributed by atoms with Gasteiger partial charge in [0.1, 0.15) is 0 Å². The summed E-state index contributed by atoms with van der Waals surface area (Å²) in [4.78, 5) is 4.15. The van der Waals surface area contributed by atoms with Gasteiger partial charge < -0.3 is 20.5 Å². The summed E-state index contributed by atoms with van der Waals surface area (Å²) < 4.78 is 11.0. The van der Waals surface area contributed by atoms with Crippen LogP contribution in [0.5, 0.6) is 0 Å². The molecule has 1 aromatic carbocycles. The maximum absolute atomic E-state index is 5.67. The van der Waals surface area contributed by atoms with Crippen LogP contribution in [0.2, 0.25) is 0 Å². The molecule has 3 N–H and O–H groups in total. The molecule has 0 heterocycles. The number of nitrogens with one attached hydrogen (secondary N) is 1. The zero-order valence-electron chi connectivity index (χ0n) is 12.9. The Hall–Kier alpha value is -1.59. The Kier molecular flexibility index (Phi) is 10.1. The highest BCUT2D eigenvalue weighted by molar-refractivity contribution is 5.77. The normalized spacial score (nSPS) is 11.6. The monoisotopic (exact) mass is 293 g/mol. The third-order valence-electron chi connectivity index (χ3n) is 2.76.